The summed E-state index contributed by atoms with van der Waals surface area (Å²) >= 11 is 0. The molecule has 0 atom stereocenters. The smallest absolute Gasteiger partial charge is 0.405 e. The van der Waals surface area contributed by atoms with Gasteiger partial charge in [-0.05, 0) is 18.9 Å². The summed E-state index contributed by atoms with van der Waals surface area (Å²) in [7, 11) is 0. The lowest BCUT2D eigenvalue weighted by Gasteiger charge is -2.19. The molecule has 0 amide bonds. The maximum absolute atomic E-state index is 12.1. The Hall–Kier alpha value is -1.52. The highest BCUT2D eigenvalue weighted by atomic mass is 19.4. The molecule has 0 heterocycles. The van der Waals surface area contributed by atoms with Gasteiger partial charge in [-0.3, -0.25) is 4.79 Å². The zero-order chi connectivity index (χ0) is 11.8. The predicted molar refractivity (Wildman–Crippen MR) is 50.4 cm³/mol. The third-order valence-corrected chi connectivity index (χ3v) is 2.49. The van der Waals surface area contributed by atoms with Crippen molar-refractivity contribution in [2.45, 2.75) is 25.6 Å². The van der Waals surface area contributed by atoms with Crippen molar-refractivity contribution in [1.82, 2.24) is 0 Å². The number of ether oxygens (including phenoxy) is 1. The molecule has 0 N–H and O–H groups in total. The fourth-order valence-electron chi connectivity index (χ4n) is 1.87. The summed E-state index contributed by atoms with van der Waals surface area (Å²) in [6.45, 7) is 0. The van der Waals surface area contributed by atoms with E-state index in [1.165, 1.54) is 12.1 Å². The van der Waals surface area contributed by atoms with Gasteiger partial charge in [0.2, 0.25) is 0 Å². The molecular weight excluding hydrogens is 221 g/mol. The van der Waals surface area contributed by atoms with Crippen LogP contribution in [0, 0.1) is 0 Å². The van der Waals surface area contributed by atoms with E-state index >= 15 is 0 Å². The molecule has 1 aliphatic carbocycles. The summed E-state index contributed by atoms with van der Waals surface area (Å²) in [4.78, 5) is 11.5. The number of Topliss-reactive ketones (excluding diaryl/α,β-unsaturated/α-hetero) is 1. The van der Waals surface area contributed by atoms with Crippen LogP contribution >= 0.6 is 0 Å². The van der Waals surface area contributed by atoms with E-state index in [0.29, 0.717) is 30.4 Å². The minimum Gasteiger partial charge on any atom is -0.405 e. The second kappa shape index (κ2) is 3.81. The molecule has 0 saturated carbocycles. The second-order valence-electron chi connectivity index (χ2n) is 3.61. The first-order valence-corrected chi connectivity index (χ1v) is 4.88. The molecule has 2 nitrogen and oxygen atoms in total. The average molecular weight is 230 g/mol. The lowest BCUT2D eigenvalue weighted by molar-refractivity contribution is -0.274. The SMILES string of the molecule is O=C1CCCc2c(OC(F)(F)F)cccc21. The number of carbonyl (C=O) groups is 1. The summed E-state index contributed by atoms with van der Waals surface area (Å²) in [5, 5.41) is 0. The van der Waals surface area contributed by atoms with Crippen LogP contribution in [-0.4, -0.2) is 12.1 Å². The molecule has 0 bridgehead atoms. The Morgan fingerprint density at radius 3 is 2.62 bits per heavy atom. The number of carbonyl (C=O) groups excluding carboxylic acids is 1. The van der Waals surface area contributed by atoms with Gasteiger partial charge < -0.3 is 4.74 Å². The number of fused-ring (bicyclic) bond motifs is 1. The van der Waals surface area contributed by atoms with Gasteiger partial charge in [0.25, 0.3) is 0 Å². The molecular formula is C11H9F3O2. The summed E-state index contributed by atoms with van der Waals surface area (Å²) in [6, 6.07) is 4.19. The fraction of sp³-hybridized carbons (Fsp3) is 0.364. The van der Waals surface area contributed by atoms with Gasteiger partial charge in [0.05, 0.1) is 0 Å². The lowest BCUT2D eigenvalue weighted by Crippen LogP contribution is -2.20. The van der Waals surface area contributed by atoms with Crippen LogP contribution in [0.15, 0.2) is 18.2 Å². The average Bonchev–Trinajstić information content (AvgIpc) is 2.17. The van der Waals surface area contributed by atoms with Gasteiger partial charge in [0.15, 0.2) is 5.78 Å². The van der Waals surface area contributed by atoms with E-state index in [2.05, 4.69) is 4.74 Å². The van der Waals surface area contributed by atoms with Gasteiger partial charge in [-0.1, -0.05) is 12.1 Å². The molecule has 0 spiro atoms. The van der Waals surface area contributed by atoms with Gasteiger partial charge in [-0.2, -0.15) is 0 Å². The second-order valence-corrected chi connectivity index (χ2v) is 3.61. The normalized spacial score (nSPS) is 15.8. The van der Waals surface area contributed by atoms with Crippen LogP contribution in [0.4, 0.5) is 13.2 Å². The lowest BCUT2D eigenvalue weighted by atomic mass is 9.90. The van der Waals surface area contributed by atoms with E-state index in [0.717, 1.165) is 0 Å². The van der Waals surface area contributed by atoms with Crippen LogP contribution in [0.1, 0.15) is 28.8 Å². The Balaban J connectivity index is 2.40. The highest BCUT2D eigenvalue weighted by Crippen LogP contribution is 2.32. The number of hydrogen-bond acceptors (Lipinski definition) is 2. The molecule has 5 heteroatoms. The molecule has 0 unspecified atom stereocenters. The summed E-state index contributed by atoms with van der Waals surface area (Å²) < 4.78 is 40.2. The Morgan fingerprint density at radius 1 is 1.19 bits per heavy atom. The summed E-state index contributed by atoms with van der Waals surface area (Å²) in [5.74, 6) is -0.369. The molecule has 0 aliphatic heterocycles. The van der Waals surface area contributed by atoms with Gasteiger partial charge in [-0.25, -0.2) is 0 Å². The van der Waals surface area contributed by atoms with Crippen molar-refractivity contribution in [1.29, 1.82) is 0 Å². The minimum absolute atomic E-state index is 0.117. The molecule has 2 rings (SSSR count). The van der Waals surface area contributed by atoms with E-state index < -0.39 is 6.36 Å². The number of halogens is 3. The topological polar surface area (TPSA) is 26.3 Å². The van der Waals surface area contributed by atoms with Crippen molar-refractivity contribution in [3.8, 4) is 5.75 Å². The van der Waals surface area contributed by atoms with Crippen LogP contribution in [0.5, 0.6) is 5.75 Å². The number of ketones is 1. The van der Waals surface area contributed by atoms with Crippen LogP contribution in [-0.2, 0) is 6.42 Å². The zero-order valence-electron chi connectivity index (χ0n) is 8.30. The molecule has 1 aromatic carbocycles. The highest BCUT2D eigenvalue weighted by molar-refractivity contribution is 5.99. The first-order valence-electron chi connectivity index (χ1n) is 4.88. The molecule has 86 valence electrons. The van der Waals surface area contributed by atoms with Gasteiger partial charge >= 0.3 is 6.36 Å². The van der Waals surface area contributed by atoms with Gasteiger partial charge in [-0.15, -0.1) is 13.2 Å². The molecule has 0 fully saturated rings. The van der Waals surface area contributed by atoms with Crippen LogP contribution in [0.2, 0.25) is 0 Å². The van der Waals surface area contributed by atoms with Crippen molar-refractivity contribution < 1.29 is 22.7 Å². The van der Waals surface area contributed by atoms with E-state index in [1.54, 1.807) is 6.07 Å². The molecule has 0 saturated heterocycles. The summed E-state index contributed by atoms with van der Waals surface area (Å²) in [6.07, 6.45) is -3.30. The highest BCUT2D eigenvalue weighted by Gasteiger charge is 2.33. The molecule has 0 aromatic heterocycles. The van der Waals surface area contributed by atoms with Crippen LogP contribution < -0.4 is 4.74 Å². The minimum atomic E-state index is -4.71. The number of benzene rings is 1. The van der Waals surface area contributed by atoms with E-state index in [4.69, 9.17) is 0 Å². The predicted octanol–water partition coefficient (Wildman–Crippen LogP) is 3.10. The third kappa shape index (κ3) is 2.18. The Labute approximate surface area is 90.0 Å². The monoisotopic (exact) mass is 230 g/mol. The fourth-order valence-corrected chi connectivity index (χ4v) is 1.87. The maximum atomic E-state index is 12.1. The van der Waals surface area contributed by atoms with Gasteiger partial charge in [0, 0.05) is 17.5 Å². The quantitative estimate of drug-likeness (QED) is 0.740. The van der Waals surface area contributed by atoms with Crippen LogP contribution in [0.25, 0.3) is 0 Å². The van der Waals surface area contributed by atoms with E-state index in [9.17, 15) is 18.0 Å². The van der Waals surface area contributed by atoms with Crippen molar-refractivity contribution in [2.75, 3.05) is 0 Å². The molecule has 16 heavy (non-hydrogen) atoms. The van der Waals surface area contributed by atoms with Crippen LogP contribution in [0.3, 0.4) is 0 Å². The number of rotatable bonds is 1. The molecule has 1 aliphatic rings. The Kier molecular flexibility index (Phi) is 2.61. The molecule has 1 aromatic rings. The third-order valence-electron chi connectivity index (χ3n) is 2.49. The Morgan fingerprint density at radius 2 is 1.94 bits per heavy atom. The van der Waals surface area contributed by atoms with Crippen molar-refractivity contribution in [2.24, 2.45) is 0 Å². The maximum Gasteiger partial charge on any atom is 0.573 e. The standard InChI is InChI=1S/C11H9F3O2/c12-11(13,14)16-10-6-2-3-7-8(10)4-1-5-9(7)15/h2-3,6H,1,4-5H2. The zero-order valence-corrected chi connectivity index (χ0v) is 8.30. The van der Waals surface area contributed by atoms with Crippen molar-refractivity contribution in [3.63, 3.8) is 0 Å². The first kappa shape index (κ1) is 11.0. The summed E-state index contributed by atoms with van der Waals surface area (Å²) in [5.41, 5.74) is 0.726. The van der Waals surface area contributed by atoms with Crippen molar-refractivity contribution in [3.05, 3.63) is 29.3 Å². The number of alkyl halides is 3. The first-order chi connectivity index (χ1) is 7.47. The van der Waals surface area contributed by atoms with Gasteiger partial charge in [0.1, 0.15) is 5.75 Å². The van der Waals surface area contributed by atoms with E-state index in [-0.39, 0.29) is 11.5 Å². The largest absolute Gasteiger partial charge is 0.573 e. The van der Waals surface area contributed by atoms with Crippen molar-refractivity contribution >= 4 is 5.78 Å². The van der Waals surface area contributed by atoms with E-state index in [1.807, 2.05) is 0 Å². The number of hydrogen-bond donors (Lipinski definition) is 0. The Bertz CT molecular complexity index is 424. The molecule has 0 radical (unpaired) electrons.